The Morgan fingerprint density at radius 2 is 1.76 bits per heavy atom. The standard InChI is InChI=1S/C9H17O7P/c1-5-15-9(11)7(2)16-8(10)6-17(12,13-3)14-4/h7H,5-6H2,1-4H3. The quantitative estimate of drug-likeness (QED) is 0.502. The summed E-state index contributed by atoms with van der Waals surface area (Å²) in [6.07, 6.45) is -1.60. The van der Waals surface area contributed by atoms with Gasteiger partial charge in [0.25, 0.3) is 0 Å². The molecule has 0 N–H and O–H groups in total. The second-order valence-electron chi connectivity index (χ2n) is 3.02. The number of esters is 2. The maximum atomic E-state index is 11.6. The fraction of sp³-hybridized carbons (Fsp3) is 0.778. The predicted octanol–water partition coefficient (Wildman–Crippen LogP) is 0.967. The van der Waals surface area contributed by atoms with Crippen molar-refractivity contribution in [2.45, 2.75) is 20.0 Å². The summed E-state index contributed by atoms with van der Waals surface area (Å²) in [5.74, 6) is -1.51. The molecule has 0 saturated heterocycles. The third-order valence-electron chi connectivity index (χ3n) is 1.81. The molecule has 0 rings (SSSR count). The second kappa shape index (κ2) is 7.42. The van der Waals surface area contributed by atoms with Crippen molar-refractivity contribution in [2.24, 2.45) is 0 Å². The lowest BCUT2D eigenvalue weighted by molar-refractivity contribution is -0.164. The average Bonchev–Trinajstić information content (AvgIpc) is 2.28. The fourth-order valence-corrected chi connectivity index (χ4v) is 1.70. The predicted molar refractivity (Wildman–Crippen MR) is 58.7 cm³/mol. The van der Waals surface area contributed by atoms with E-state index in [1.54, 1.807) is 6.92 Å². The van der Waals surface area contributed by atoms with E-state index in [2.05, 4.69) is 13.8 Å². The third-order valence-corrected chi connectivity index (χ3v) is 3.56. The average molecular weight is 268 g/mol. The Hall–Kier alpha value is -0.910. The van der Waals surface area contributed by atoms with Crippen LogP contribution >= 0.6 is 7.60 Å². The van der Waals surface area contributed by atoms with Crippen molar-refractivity contribution in [3.05, 3.63) is 0 Å². The van der Waals surface area contributed by atoms with E-state index in [0.717, 1.165) is 14.2 Å². The van der Waals surface area contributed by atoms with Gasteiger partial charge in [-0.2, -0.15) is 0 Å². The Morgan fingerprint density at radius 3 is 2.18 bits per heavy atom. The summed E-state index contributed by atoms with van der Waals surface area (Å²) >= 11 is 0. The van der Waals surface area contributed by atoms with Crippen LogP contribution in [-0.2, 0) is 32.7 Å². The monoisotopic (exact) mass is 268 g/mol. The van der Waals surface area contributed by atoms with Crippen LogP contribution in [0.3, 0.4) is 0 Å². The molecule has 0 amide bonds. The van der Waals surface area contributed by atoms with Gasteiger partial charge in [-0.25, -0.2) is 4.79 Å². The van der Waals surface area contributed by atoms with Crippen LogP contribution in [0.15, 0.2) is 0 Å². The summed E-state index contributed by atoms with van der Waals surface area (Å²) in [6, 6.07) is 0. The lowest BCUT2D eigenvalue weighted by atomic mass is 10.4. The Balaban J connectivity index is 4.27. The lowest BCUT2D eigenvalue weighted by Gasteiger charge is -2.15. The molecule has 0 radical (unpaired) electrons. The highest BCUT2D eigenvalue weighted by molar-refractivity contribution is 7.54. The van der Waals surface area contributed by atoms with Crippen molar-refractivity contribution in [3.8, 4) is 0 Å². The summed E-state index contributed by atoms with van der Waals surface area (Å²) in [4.78, 5) is 22.5. The molecule has 0 bridgehead atoms. The van der Waals surface area contributed by atoms with Crippen molar-refractivity contribution in [3.63, 3.8) is 0 Å². The Labute approximate surface area is 99.9 Å². The molecule has 17 heavy (non-hydrogen) atoms. The zero-order valence-electron chi connectivity index (χ0n) is 10.3. The van der Waals surface area contributed by atoms with Gasteiger partial charge in [0, 0.05) is 14.2 Å². The Bertz CT molecular complexity index is 306. The van der Waals surface area contributed by atoms with Gasteiger partial charge in [-0.05, 0) is 13.8 Å². The summed E-state index contributed by atoms with van der Waals surface area (Å²) in [5.41, 5.74) is 0. The van der Waals surface area contributed by atoms with Gasteiger partial charge in [-0.1, -0.05) is 0 Å². The molecule has 0 aromatic rings. The minimum Gasteiger partial charge on any atom is -0.463 e. The number of carbonyl (C=O) groups excluding carboxylic acids is 2. The summed E-state index contributed by atoms with van der Waals surface area (Å²) < 4.78 is 30.1. The van der Waals surface area contributed by atoms with E-state index in [1.165, 1.54) is 6.92 Å². The minimum atomic E-state index is -3.47. The van der Waals surface area contributed by atoms with Crippen molar-refractivity contribution < 1.29 is 32.7 Å². The molecule has 1 unspecified atom stereocenters. The van der Waals surface area contributed by atoms with Crippen molar-refractivity contribution in [1.29, 1.82) is 0 Å². The molecule has 0 saturated carbocycles. The van der Waals surface area contributed by atoms with Gasteiger partial charge in [0.2, 0.25) is 0 Å². The zero-order valence-corrected chi connectivity index (χ0v) is 11.2. The third kappa shape index (κ3) is 5.81. The zero-order chi connectivity index (χ0) is 13.5. The van der Waals surface area contributed by atoms with Crippen LogP contribution in [0.25, 0.3) is 0 Å². The number of hydrogen-bond acceptors (Lipinski definition) is 7. The molecule has 0 aromatic carbocycles. The largest absolute Gasteiger partial charge is 0.463 e. The summed E-state index contributed by atoms with van der Waals surface area (Å²) in [6.45, 7) is 3.19. The molecular formula is C9H17O7P. The van der Waals surface area contributed by atoms with E-state index in [-0.39, 0.29) is 6.61 Å². The van der Waals surface area contributed by atoms with Gasteiger partial charge in [0.05, 0.1) is 6.61 Å². The first-order chi connectivity index (χ1) is 7.88. The maximum Gasteiger partial charge on any atom is 0.347 e. The molecule has 7 nitrogen and oxygen atoms in total. The molecule has 8 heteroatoms. The van der Waals surface area contributed by atoms with Crippen LogP contribution in [0, 0.1) is 0 Å². The van der Waals surface area contributed by atoms with Gasteiger partial charge in [-0.3, -0.25) is 9.36 Å². The first-order valence-corrected chi connectivity index (χ1v) is 6.68. The molecule has 0 aliphatic heterocycles. The first kappa shape index (κ1) is 16.1. The maximum absolute atomic E-state index is 11.6. The molecule has 100 valence electrons. The molecule has 1 atom stereocenters. The van der Waals surface area contributed by atoms with Crippen molar-refractivity contribution in [2.75, 3.05) is 27.0 Å². The highest BCUT2D eigenvalue weighted by atomic mass is 31.2. The summed E-state index contributed by atoms with van der Waals surface area (Å²) in [5, 5.41) is 0. The molecule has 0 aromatic heterocycles. The Morgan fingerprint density at radius 1 is 1.24 bits per heavy atom. The molecule has 0 aliphatic carbocycles. The number of carbonyl (C=O) groups is 2. The van der Waals surface area contributed by atoms with E-state index >= 15 is 0 Å². The SMILES string of the molecule is CCOC(=O)C(C)OC(=O)CP(=O)(OC)OC. The van der Waals surface area contributed by atoms with E-state index < -0.39 is 31.8 Å². The Kier molecular flexibility index (Phi) is 7.03. The van der Waals surface area contributed by atoms with Crippen LogP contribution in [0.5, 0.6) is 0 Å². The highest BCUT2D eigenvalue weighted by Crippen LogP contribution is 2.46. The van der Waals surface area contributed by atoms with Crippen LogP contribution < -0.4 is 0 Å². The highest BCUT2D eigenvalue weighted by Gasteiger charge is 2.29. The van der Waals surface area contributed by atoms with E-state index in [1.807, 2.05) is 0 Å². The first-order valence-electron chi connectivity index (χ1n) is 4.95. The van der Waals surface area contributed by atoms with Crippen molar-refractivity contribution >= 4 is 19.5 Å². The smallest absolute Gasteiger partial charge is 0.347 e. The number of hydrogen-bond donors (Lipinski definition) is 0. The number of ether oxygens (including phenoxy) is 2. The van der Waals surface area contributed by atoms with Crippen LogP contribution in [0.1, 0.15) is 13.8 Å². The van der Waals surface area contributed by atoms with Gasteiger partial charge >= 0.3 is 19.5 Å². The van der Waals surface area contributed by atoms with Crippen LogP contribution in [0.2, 0.25) is 0 Å². The molecule has 0 fully saturated rings. The van der Waals surface area contributed by atoms with E-state index in [9.17, 15) is 14.2 Å². The van der Waals surface area contributed by atoms with E-state index in [4.69, 9.17) is 4.74 Å². The topological polar surface area (TPSA) is 88.1 Å². The van der Waals surface area contributed by atoms with Gasteiger partial charge in [-0.15, -0.1) is 0 Å². The molecule has 0 heterocycles. The molecular weight excluding hydrogens is 251 g/mol. The van der Waals surface area contributed by atoms with E-state index in [0.29, 0.717) is 0 Å². The minimum absolute atomic E-state index is 0.190. The summed E-state index contributed by atoms with van der Waals surface area (Å²) in [7, 11) is -1.15. The van der Waals surface area contributed by atoms with Crippen LogP contribution in [0.4, 0.5) is 0 Å². The molecule has 0 aliphatic rings. The second-order valence-corrected chi connectivity index (χ2v) is 5.29. The normalized spacial score (nSPS) is 12.9. The number of rotatable bonds is 7. The molecule has 0 spiro atoms. The van der Waals surface area contributed by atoms with Crippen LogP contribution in [-0.4, -0.2) is 45.0 Å². The lowest BCUT2D eigenvalue weighted by Crippen LogP contribution is -2.27. The van der Waals surface area contributed by atoms with Gasteiger partial charge in [0.1, 0.15) is 6.16 Å². The van der Waals surface area contributed by atoms with Crippen molar-refractivity contribution in [1.82, 2.24) is 0 Å². The van der Waals surface area contributed by atoms with Gasteiger partial charge < -0.3 is 18.5 Å². The van der Waals surface area contributed by atoms with Gasteiger partial charge in [0.15, 0.2) is 6.10 Å². The fourth-order valence-electron chi connectivity index (χ4n) is 0.904.